The summed E-state index contributed by atoms with van der Waals surface area (Å²) in [6, 6.07) is 9.27. The number of ether oxygens (including phenoxy) is 1. The standard InChI is InChI=1S/C19H23N3O3/c1-19(2,3)25-18(24)21-9-10-22-15(13-7-5-4-6-8-13)11-14(17(20)23)16(22)12-21/h4-8,11H,9-10,12H2,1-3H3,(H2,20,23)/i4D. The largest absolute Gasteiger partial charge is 0.444 e. The monoisotopic (exact) mass is 342 g/mol. The van der Waals surface area contributed by atoms with Crippen molar-refractivity contribution in [3.8, 4) is 11.3 Å². The molecule has 6 heteroatoms. The maximum Gasteiger partial charge on any atom is 0.410 e. The first-order valence-electron chi connectivity index (χ1n) is 8.73. The Morgan fingerprint density at radius 3 is 2.52 bits per heavy atom. The summed E-state index contributed by atoms with van der Waals surface area (Å²) in [5.41, 5.74) is 7.86. The average Bonchev–Trinajstić information content (AvgIpc) is 2.93. The van der Waals surface area contributed by atoms with Gasteiger partial charge in [-0.15, -0.1) is 0 Å². The lowest BCUT2D eigenvalue weighted by Crippen LogP contribution is -2.42. The Labute approximate surface area is 148 Å². The van der Waals surface area contributed by atoms with Crippen molar-refractivity contribution >= 4 is 12.0 Å². The van der Waals surface area contributed by atoms with Crippen LogP contribution in [0.25, 0.3) is 11.3 Å². The van der Waals surface area contributed by atoms with Gasteiger partial charge in [0.1, 0.15) is 5.60 Å². The third-order valence-electron chi connectivity index (χ3n) is 4.07. The molecule has 0 atom stereocenters. The van der Waals surface area contributed by atoms with Crippen LogP contribution in [0.4, 0.5) is 4.79 Å². The molecule has 0 aliphatic carbocycles. The quantitative estimate of drug-likeness (QED) is 0.911. The molecular formula is C19H23N3O3. The zero-order chi connectivity index (χ0) is 19.1. The summed E-state index contributed by atoms with van der Waals surface area (Å²) in [5, 5.41) is 0. The molecule has 0 fully saturated rings. The van der Waals surface area contributed by atoms with Crippen molar-refractivity contribution in [2.45, 2.75) is 39.5 Å². The highest BCUT2D eigenvalue weighted by Crippen LogP contribution is 2.29. The summed E-state index contributed by atoms with van der Waals surface area (Å²) in [6.45, 7) is 6.75. The molecule has 0 bridgehead atoms. The van der Waals surface area contributed by atoms with Crippen molar-refractivity contribution in [1.29, 1.82) is 0 Å². The van der Waals surface area contributed by atoms with Crippen LogP contribution in [-0.2, 0) is 17.8 Å². The van der Waals surface area contributed by atoms with E-state index in [4.69, 9.17) is 11.8 Å². The maximum absolute atomic E-state index is 12.4. The number of carbonyl (C=O) groups excluding carboxylic acids is 2. The van der Waals surface area contributed by atoms with Crippen LogP contribution >= 0.6 is 0 Å². The van der Waals surface area contributed by atoms with Crippen molar-refractivity contribution < 1.29 is 15.7 Å². The van der Waals surface area contributed by atoms with Gasteiger partial charge in [0.05, 0.1) is 19.2 Å². The van der Waals surface area contributed by atoms with Gasteiger partial charge in [0.15, 0.2) is 0 Å². The number of nitrogens with two attached hydrogens (primary N) is 1. The van der Waals surface area contributed by atoms with E-state index in [1.54, 1.807) is 23.1 Å². The molecule has 2 aromatic rings. The molecule has 1 aliphatic rings. The highest BCUT2D eigenvalue weighted by molar-refractivity contribution is 5.96. The van der Waals surface area contributed by atoms with E-state index in [1.807, 2.05) is 37.5 Å². The van der Waals surface area contributed by atoms with Crippen LogP contribution in [0.3, 0.4) is 0 Å². The molecule has 2 heterocycles. The van der Waals surface area contributed by atoms with Gasteiger partial charge in [0.25, 0.3) is 5.91 Å². The summed E-state index contributed by atoms with van der Waals surface area (Å²) in [5.74, 6) is -0.525. The molecule has 6 nitrogen and oxygen atoms in total. The van der Waals surface area contributed by atoms with Crippen molar-refractivity contribution in [1.82, 2.24) is 9.47 Å². The molecule has 0 unspecified atom stereocenters. The Hall–Kier alpha value is -2.76. The number of carbonyl (C=O) groups is 2. The predicted molar refractivity (Wildman–Crippen MR) is 95.0 cm³/mol. The van der Waals surface area contributed by atoms with Crippen LogP contribution in [0.5, 0.6) is 0 Å². The highest BCUT2D eigenvalue weighted by atomic mass is 16.6. The summed E-state index contributed by atoms with van der Waals surface area (Å²) < 4.78 is 15.1. The topological polar surface area (TPSA) is 77.6 Å². The first kappa shape index (κ1) is 15.7. The second-order valence-electron chi connectivity index (χ2n) is 7.10. The van der Waals surface area contributed by atoms with Crippen molar-refractivity contribution in [2.75, 3.05) is 6.54 Å². The minimum Gasteiger partial charge on any atom is -0.444 e. The Balaban J connectivity index is 1.96. The molecule has 0 saturated heterocycles. The van der Waals surface area contributed by atoms with Crippen molar-refractivity contribution in [3.05, 3.63) is 47.6 Å². The molecule has 0 spiro atoms. The number of aromatic nitrogens is 1. The number of fused-ring (bicyclic) bond motifs is 1. The molecule has 1 aliphatic heterocycles. The lowest BCUT2D eigenvalue weighted by atomic mass is 10.1. The second kappa shape index (κ2) is 6.27. The van der Waals surface area contributed by atoms with Gasteiger partial charge in [-0.25, -0.2) is 4.79 Å². The molecule has 2 N–H and O–H groups in total. The molecule has 132 valence electrons. The summed E-state index contributed by atoms with van der Waals surface area (Å²) in [7, 11) is 0. The zero-order valence-electron chi connectivity index (χ0n) is 15.7. The minimum absolute atomic E-state index is 0.268. The molecule has 0 radical (unpaired) electrons. The van der Waals surface area contributed by atoms with Gasteiger partial charge >= 0.3 is 6.09 Å². The van der Waals surface area contributed by atoms with Gasteiger partial charge in [-0.1, -0.05) is 30.3 Å². The van der Waals surface area contributed by atoms with Crippen LogP contribution in [0, 0.1) is 0 Å². The fourth-order valence-corrected chi connectivity index (χ4v) is 2.99. The van der Waals surface area contributed by atoms with Gasteiger partial charge in [-0.2, -0.15) is 0 Å². The Bertz CT molecular complexity index is 850. The zero-order valence-corrected chi connectivity index (χ0v) is 14.7. The van der Waals surface area contributed by atoms with E-state index in [1.165, 1.54) is 0 Å². The van der Waals surface area contributed by atoms with E-state index < -0.39 is 17.6 Å². The molecule has 2 amide bonds. The van der Waals surface area contributed by atoms with E-state index in [0.29, 0.717) is 30.4 Å². The SMILES string of the molecule is [2H]c1ccc(-c2cc(C(N)=O)c3n2CCN(C(=O)OC(C)(C)C)C3)cc1. The van der Waals surface area contributed by atoms with Gasteiger partial charge in [-0.3, -0.25) is 4.79 Å². The highest BCUT2D eigenvalue weighted by Gasteiger charge is 2.30. The van der Waals surface area contributed by atoms with E-state index >= 15 is 0 Å². The first-order chi connectivity index (χ1) is 12.2. The number of primary amides is 1. The summed E-state index contributed by atoms with van der Waals surface area (Å²) in [4.78, 5) is 25.9. The van der Waals surface area contributed by atoms with Crippen molar-refractivity contribution in [2.24, 2.45) is 5.73 Å². The summed E-state index contributed by atoms with van der Waals surface area (Å²) in [6.07, 6.45) is -0.402. The maximum atomic E-state index is 12.4. The van der Waals surface area contributed by atoms with E-state index in [2.05, 4.69) is 0 Å². The van der Waals surface area contributed by atoms with Crippen LogP contribution in [0.1, 0.15) is 38.2 Å². The Morgan fingerprint density at radius 1 is 1.24 bits per heavy atom. The van der Waals surface area contributed by atoms with E-state index in [0.717, 1.165) is 11.3 Å². The second-order valence-corrected chi connectivity index (χ2v) is 7.10. The molecule has 3 rings (SSSR count). The minimum atomic E-state index is -0.577. The lowest BCUT2D eigenvalue weighted by Gasteiger charge is -2.32. The number of amides is 2. The number of hydrogen-bond acceptors (Lipinski definition) is 3. The van der Waals surface area contributed by atoms with Crippen LogP contribution in [0.2, 0.25) is 0 Å². The van der Waals surface area contributed by atoms with Gasteiger partial charge in [0.2, 0.25) is 0 Å². The smallest absolute Gasteiger partial charge is 0.410 e. The average molecular weight is 342 g/mol. The number of hydrogen-bond donors (Lipinski definition) is 1. The first-order valence-corrected chi connectivity index (χ1v) is 8.23. The third kappa shape index (κ3) is 3.52. The van der Waals surface area contributed by atoms with Crippen LogP contribution in [0.15, 0.2) is 36.4 Å². The van der Waals surface area contributed by atoms with Gasteiger partial charge < -0.3 is 19.9 Å². The fraction of sp³-hybridized carbons (Fsp3) is 0.368. The number of benzene rings is 1. The van der Waals surface area contributed by atoms with Crippen LogP contribution < -0.4 is 5.73 Å². The molecular weight excluding hydrogens is 318 g/mol. The third-order valence-corrected chi connectivity index (χ3v) is 4.07. The molecule has 0 saturated carbocycles. The Kier molecular flexibility index (Phi) is 3.95. The fourth-order valence-electron chi connectivity index (χ4n) is 2.99. The molecule has 1 aromatic carbocycles. The van der Waals surface area contributed by atoms with E-state index in [-0.39, 0.29) is 6.54 Å². The van der Waals surface area contributed by atoms with Gasteiger partial charge in [-0.05, 0) is 32.4 Å². The predicted octanol–water partition coefficient (Wildman–Crippen LogP) is 3.00. The van der Waals surface area contributed by atoms with Crippen LogP contribution in [-0.4, -0.2) is 33.6 Å². The molecule has 1 aromatic heterocycles. The van der Waals surface area contributed by atoms with E-state index in [9.17, 15) is 9.59 Å². The normalized spacial score (nSPS) is 14.7. The Morgan fingerprint density at radius 2 is 1.92 bits per heavy atom. The molecule has 25 heavy (non-hydrogen) atoms. The van der Waals surface area contributed by atoms with Gasteiger partial charge in [0, 0.05) is 18.8 Å². The summed E-state index contributed by atoms with van der Waals surface area (Å²) >= 11 is 0. The number of rotatable bonds is 2. The lowest BCUT2D eigenvalue weighted by molar-refractivity contribution is 0.0198. The number of nitrogens with zero attached hydrogens (tertiary/aromatic N) is 2. The van der Waals surface area contributed by atoms with Crippen molar-refractivity contribution in [3.63, 3.8) is 0 Å².